The van der Waals surface area contributed by atoms with E-state index in [1.165, 1.54) is 4.88 Å². The van der Waals surface area contributed by atoms with Gasteiger partial charge in [-0.15, -0.1) is 11.3 Å². The minimum atomic E-state index is 0.0533. The number of benzene rings is 1. The van der Waals surface area contributed by atoms with E-state index in [0.717, 1.165) is 26.7 Å². The molecule has 2 rings (SSSR count). The van der Waals surface area contributed by atoms with Gasteiger partial charge in [0.15, 0.2) is 0 Å². The molecule has 3 nitrogen and oxygen atoms in total. The molecule has 0 spiro atoms. The number of halogens is 2. The van der Waals surface area contributed by atoms with Crippen LogP contribution in [0.25, 0.3) is 0 Å². The number of methoxy groups -OCH3 is 1. The number of hydrazine groups is 1. The van der Waals surface area contributed by atoms with Gasteiger partial charge < -0.3 is 4.74 Å². The number of hydrogen-bond donors (Lipinski definition) is 2. The van der Waals surface area contributed by atoms with E-state index in [-0.39, 0.29) is 6.04 Å². The first-order valence-electron chi connectivity index (χ1n) is 5.67. The highest BCUT2D eigenvalue weighted by atomic mass is 79.9. The van der Waals surface area contributed by atoms with Crippen molar-refractivity contribution in [2.45, 2.75) is 12.5 Å². The summed E-state index contributed by atoms with van der Waals surface area (Å²) in [5, 5.41) is 2.04. The number of nitrogens with two attached hydrogens (primary N) is 1. The summed E-state index contributed by atoms with van der Waals surface area (Å²) in [5.41, 5.74) is 3.99. The van der Waals surface area contributed by atoms with E-state index in [4.69, 9.17) is 10.6 Å². The van der Waals surface area contributed by atoms with E-state index < -0.39 is 0 Å². The summed E-state index contributed by atoms with van der Waals surface area (Å²) in [6, 6.07) is 8.07. The molecule has 0 saturated carbocycles. The summed E-state index contributed by atoms with van der Waals surface area (Å²) in [4.78, 5) is 1.18. The molecule has 1 heterocycles. The van der Waals surface area contributed by atoms with E-state index >= 15 is 0 Å². The Balaban J connectivity index is 2.28. The van der Waals surface area contributed by atoms with Crippen molar-refractivity contribution in [1.82, 2.24) is 5.43 Å². The zero-order valence-corrected chi connectivity index (χ0v) is 14.3. The van der Waals surface area contributed by atoms with Crippen LogP contribution in [0.1, 0.15) is 16.5 Å². The molecule has 1 aromatic heterocycles. The number of hydrogen-bond acceptors (Lipinski definition) is 4. The number of rotatable bonds is 5. The van der Waals surface area contributed by atoms with Crippen molar-refractivity contribution < 1.29 is 4.74 Å². The molecule has 19 heavy (non-hydrogen) atoms. The molecule has 0 aliphatic carbocycles. The molecule has 0 aliphatic rings. The smallest absolute Gasteiger partial charge is 0.122 e. The highest BCUT2D eigenvalue weighted by molar-refractivity contribution is 9.10. The molecule has 1 unspecified atom stereocenters. The average Bonchev–Trinajstić information content (AvgIpc) is 2.82. The van der Waals surface area contributed by atoms with Crippen LogP contribution in [0, 0.1) is 0 Å². The van der Waals surface area contributed by atoms with E-state index in [0.29, 0.717) is 0 Å². The normalized spacial score (nSPS) is 12.4. The van der Waals surface area contributed by atoms with Crippen LogP contribution in [0.15, 0.2) is 38.6 Å². The van der Waals surface area contributed by atoms with Gasteiger partial charge >= 0.3 is 0 Å². The molecule has 0 aliphatic heterocycles. The second-order valence-corrected chi connectivity index (χ2v) is 6.73. The lowest BCUT2D eigenvalue weighted by Crippen LogP contribution is -2.29. The molecule has 2 aromatic rings. The SMILES string of the molecule is COc1ccc(Br)cc1CC(NN)c1sccc1Br. The standard InChI is InChI=1S/C13H14Br2N2OS/c1-18-12-3-2-9(14)6-8(12)7-11(17-16)13-10(15)4-5-19-13/h2-6,11,17H,7,16H2,1H3. The molecule has 102 valence electrons. The van der Waals surface area contributed by atoms with Crippen LogP contribution in [0.2, 0.25) is 0 Å². The zero-order chi connectivity index (χ0) is 13.8. The summed E-state index contributed by atoms with van der Waals surface area (Å²) in [6.45, 7) is 0. The molecule has 1 aromatic carbocycles. The van der Waals surface area contributed by atoms with Gasteiger partial charge in [0.1, 0.15) is 5.75 Å². The van der Waals surface area contributed by atoms with Crippen LogP contribution in [0.4, 0.5) is 0 Å². The van der Waals surface area contributed by atoms with Gasteiger partial charge in [-0.05, 0) is 57.6 Å². The molecule has 1 atom stereocenters. The van der Waals surface area contributed by atoms with Crippen molar-refractivity contribution in [3.8, 4) is 5.75 Å². The van der Waals surface area contributed by atoms with Crippen LogP contribution in [-0.2, 0) is 6.42 Å². The quantitative estimate of drug-likeness (QED) is 0.583. The van der Waals surface area contributed by atoms with Crippen LogP contribution in [0.3, 0.4) is 0 Å². The number of nitrogens with one attached hydrogen (secondary N) is 1. The molecule has 0 amide bonds. The van der Waals surface area contributed by atoms with Gasteiger partial charge in [-0.3, -0.25) is 11.3 Å². The van der Waals surface area contributed by atoms with Crippen molar-refractivity contribution in [2.75, 3.05) is 7.11 Å². The maximum atomic E-state index is 5.69. The first-order chi connectivity index (χ1) is 9.15. The van der Waals surface area contributed by atoms with Crippen molar-refractivity contribution in [3.63, 3.8) is 0 Å². The lowest BCUT2D eigenvalue weighted by atomic mass is 10.0. The topological polar surface area (TPSA) is 47.3 Å². The van der Waals surface area contributed by atoms with Crippen LogP contribution in [0.5, 0.6) is 5.75 Å². The van der Waals surface area contributed by atoms with Gasteiger partial charge in [0.05, 0.1) is 13.2 Å². The first kappa shape index (κ1) is 15.0. The van der Waals surface area contributed by atoms with Gasteiger partial charge in [0.2, 0.25) is 0 Å². The van der Waals surface area contributed by atoms with Crippen LogP contribution >= 0.6 is 43.2 Å². The summed E-state index contributed by atoms with van der Waals surface area (Å²) in [6.07, 6.45) is 0.762. The molecule has 0 bridgehead atoms. The van der Waals surface area contributed by atoms with Crippen molar-refractivity contribution in [2.24, 2.45) is 5.84 Å². The number of thiophene rings is 1. The summed E-state index contributed by atoms with van der Waals surface area (Å²) < 4.78 is 7.51. The minimum absolute atomic E-state index is 0.0533. The Morgan fingerprint density at radius 2 is 2.16 bits per heavy atom. The molecular formula is C13H14Br2N2OS. The Morgan fingerprint density at radius 3 is 2.74 bits per heavy atom. The summed E-state index contributed by atoms with van der Waals surface area (Å²) >= 11 is 8.71. The van der Waals surface area contributed by atoms with Crippen molar-refractivity contribution >= 4 is 43.2 Å². The highest BCUT2D eigenvalue weighted by Crippen LogP contribution is 2.33. The van der Waals surface area contributed by atoms with Gasteiger partial charge in [0.25, 0.3) is 0 Å². The van der Waals surface area contributed by atoms with E-state index in [2.05, 4.69) is 43.4 Å². The fraction of sp³-hybridized carbons (Fsp3) is 0.231. The fourth-order valence-corrected chi connectivity index (χ4v) is 4.03. The maximum Gasteiger partial charge on any atom is 0.122 e. The second-order valence-electron chi connectivity index (χ2n) is 4.01. The monoisotopic (exact) mass is 404 g/mol. The lowest BCUT2D eigenvalue weighted by molar-refractivity contribution is 0.405. The molecule has 0 radical (unpaired) electrons. The Bertz CT molecular complexity index is 559. The predicted molar refractivity (Wildman–Crippen MR) is 86.5 cm³/mol. The maximum absolute atomic E-state index is 5.69. The Morgan fingerprint density at radius 1 is 1.37 bits per heavy atom. The first-order valence-corrected chi connectivity index (χ1v) is 8.13. The zero-order valence-electron chi connectivity index (χ0n) is 10.3. The van der Waals surface area contributed by atoms with Gasteiger partial charge in [-0.25, -0.2) is 0 Å². The fourth-order valence-electron chi connectivity index (χ4n) is 1.91. The molecule has 6 heteroatoms. The Hall–Kier alpha value is -0.400. The van der Waals surface area contributed by atoms with Crippen LogP contribution in [-0.4, -0.2) is 7.11 Å². The molecule has 0 fully saturated rings. The highest BCUT2D eigenvalue weighted by Gasteiger charge is 2.17. The van der Waals surface area contributed by atoms with Gasteiger partial charge in [-0.2, -0.15) is 0 Å². The molecule has 3 N–H and O–H groups in total. The lowest BCUT2D eigenvalue weighted by Gasteiger charge is -2.17. The van der Waals surface area contributed by atoms with E-state index in [1.807, 2.05) is 23.6 Å². The third-order valence-corrected chi connectivity index (χ3v) is 5.31. The third kappa shape index (κ3) is 3.58. The van der Waals surface area contributed by atoms with Gasteiger partial charge in [-0.1, -0.05) is 15.9 Å². The van der Waals surface area contributed by atoms with E-state index in [9.17, 15) is 0 Å². The second kappa shape index (κ2) is 6.85. The van der Waals surface area contributed by atoms with E-state index in [1.54, 1.807) is 18.4 Å². The number of ether oxygens (including phenoxy) is 1. The summed E-state index contributed by atoms with van der Waals surface area (Å²) in [5.74, 6) is 6.57. The predicted octanol–water partition coefficient (Wildman–Crippen LogP) is 4.03. The summed E-state index contributed by atoms with van der Waals surface area (Å²) in [7, 11) is 1.68. The van der Waals surface area contributed by atoms with Gasteiger partial charge in [0, 0.05) is 13.8 Å². The Labute approximate surface area is 133 Å². The van der Waals surface area contributed by atoms with Crippen molar-refractivity contribution in [1.29, 1.82) is 0 Å². The largest absolute Gasteiger partial charge is 0.496 e. The van der Waals surface area contributed by atoms with Crippen molar-refractivity contribution in [3.05, 3.63) is 49.0 Å². The minimum Gasteiger partial charge on any atom is -0.496 e. The molecular weight excluding hydrogens is 392 g/mol. The Kier molecular flexibility index (Phi) is 5.41. The average molecular weight is 406 g/mol. The molecule has 0 saturated heterocycles. The van der Waals surface area contributed by atoms with Crippen LogP contribution < -0.4 is 16.0 Å². The third-order valence-electron chi connectivity index (χ3n) is 2.83.